The first-order valence-electron chi connectivity index (χ1n) is 6.76. The Labute approximate surface area is 116 Å². The summed E-state index contributed by atoms with van der Waals surface area (Å²) in [6.07, 6.45) is 1.32. The topological polar surface area (TPSA) is 79.0 Å². The van der Waals surface area contributed by atoms with Crippen molar-refractivity contribution >= 4 is 22.9 Å². The fourth-order valence-electron chi connectivity index (χ4n) is 2.59. The second-order valence-corrected chi connectivity index (χ2v) is 5.01. The summed E-state index contributed by atoms with van der Waals surface area (Å²) >= 11 is 0. The summed E-state index contributed by atoms with van der Waals surface area (Å²) in [5, 5.41) is 6.07. The number of piperidine rings is 1. The molecule has 1 aliphatic rings. The van der Waals surface area contributed by atoms with E-state index in [0.29, 0.717) is 18.8 Å². The van der Waals surface area contributed by atoms with Gasteiger partial charge in [0, 0.05) is 7.11 Å². The lowest BCUT2D eigenvalue weighted by Crippen LogP contribution is -2.51. The minimum Gasteiger partial charge on any atom is -0.368 e. The van der Waals surface area contributed by atoms with Crippen LogP contribution in [-0.2, 0) is 9.53 Å². The van der Waals surface area contributed by atoms with Crippen molar-refractivity contribution in [1.29, 1.82) is 0 Å². The van der Waals surface area contributed by atoms with Crippen molar-refractivity contribution in [1.82, 2.24) is 15.3 Å². The molecule has 0 aliphatic carbocycles. The molecular weight excluding hydrogens is 256 g/mol. The molecule has 3 N–H and O–H groups in total. The molecule has 0 bridgehead atoms. The van der Waals surface area contributed by atoms with Crippen molar-refractivity contribution in [2.24, 2.45) is 0 Å². The van der Waals surface area contributed by atoms with Crippen molar-refractivity contribution in [2.75, 3.05) is 25.5 Å². The van der Waals surface area contributed by atoms with E-state index in [-0.39, 0.29) is 5.91 Å². The number of nitrogens with one attached hydrogen (secondary N) is 3. The van der Waals surface area contributed by atoms with E-state index in [9.17, 15) is 4.79 Å². The lowest BCUT2D eigenvalue weighted by Gasteiger charge is -2.34. The fourth-order valence-corrected chi connectivity index (χ4v) is 2.59. The zero-order valence-corrected chi connectivity index (χ0v) is 11.4. The predicted octanol–water partition coefficient (Wildman–Crippen LogP) is 1.27. The number of methoxy groups -OCH3 is 1. The van der Waals surface area contributed by atoms with E-state index in [1.165, 1.54) is 0 Å². The summed E-state index contributed by atoms with van der Waals surface area (Å²) in [7, 11) is 1.59. The van der Waals surface area contributed by atoms with Crippen molar-refractivity contribution in [3.63, 3.8) is 0 Å². The van der Waals surface area contributed by atoms with Gasteiger partial charge in [-0.3, -0.25) is 10.1 Å². The highest BCUT2D eigenvalue weighted by molar-refractivity contribution is 5.97. The Balaban J connectivity index is 1.80. The third-order valence-electron chi connectivity index (χ3n) is 3.84. The van der Waals surface area contributed by atoms with Crippen LogP contribution in [0.15, 0.2) is 24.3 Å². The highest BCUT2D eigenvalue weighted by Crippen LogP contribution is 2.24. The number of ether oxygens (including phenoxy) is 1. The van der Waals surface area contributed by atoms with Crippen LogP contribution in [0.1, 0.15) is 12.8 Å². The van der Waals surface area contributed by atoms with Crippen molar-refractivity contribution in [2.45, 2.75) is 18.4 Å². The molecule has 106 valence electrons. The number of para-hydroxylation sites is 2. The highest BCUT2D eigenvalue weighted by atomic mass is 16.5. The molecule has 1 fully saturated rings. The Morgan fingerprint density at radius 2 is 2.10 bits per heavy atom. The Bertz CT molecular complexity index is 583. The normalized spacial score (nSPS) is 18.1. The van der Waals surface area contributed by atoms with Crippen LogP contribution >= 0.6 is 0 Å². The van der Waals surface area contributed by atoms with Gasteiger partial charge < -0.3 is 15.0 Å². The lowest BCUT2D eigenvalue weighted by molar-refractivity contribution is -0.140. The van der Waals surface area contributed by atoms with Crippen LogP contribution in [0.3, 0.4) is 0 Å². The van der Waals surface area contributed by atoms with Crippen LogP contribution in [0.2, 0.25) is 0 Å². The summed E-state index contributed by atoms with van der Waals surface area (Å²) in [5.74, 6) is 0.326. The van der Waals surface area contributed by atoms with Gasteiger partial charge in [-0.15, -0.1) is 0 Å². The van der Waals surface area contributed by atoms with E-state index in [2.05, 4.69) is 20.6 Å². The molecule has 0 unspecified atom stereocenters. The Kier molecular flexibility index (Phi) is 3.42. The molecule has 3 rings (SSSR count). The third kappa shape index (κ3) is 2.28. The predicted molar refractivity (Wildman–Crippen MR) is 76.6 cm³/mol. The Hall–Kier alpha value is -1.92. The molecule has 0 atom stereocenters. The van der Waals surface area contributed by atoms with Gasteiger partial charge in [-0.25, -0.2) is 4.98 Å². The minimum atomic E-state index is -0.760. The number of rotatable bonds is 3. The van der Waals surface area contributed by atoms with Crippen LogP contribution in [0.25, 0.3) is 11.0 Å². The molecule has 0 spiro atoms. The molecule has 0 saturated carbocycles. The number of amides is 1. The maximum Gasteiger partial charge on any atom is 0.259 e. The number of carbonyl (C=O) groups excluding carboxylic acids is 1. The number of carbonyl (C=O) groups is 1. The molecule has 6 nitrogen and oxygen atoms in total. The van der Waals surface area contributed by atoms with Gasteiger partial charge in [0.15, 0.2) is 0 Å². The Morgan fingerprint density at radius 1 is 1.35 bits per heavy atom. The number of aromatic amines is 1. The van der Waals surface area contributed by atoms with Gasteiger partial charge in [-0.05, 0) is 38.1 Å². The van der Waals surface area contributed by atoms with Gasteiger partial charge in [-0.2, -0.15) is 0 Å². The smallest absolute Gasteiger partial charge is 0.259 e. The number of aromatic nitrogens is 2. The number of benzene rings is 1. The molecule has 0 radical (unpaired) electrons. The Morgan fingerprint density at radius 3 is 2.80 bits per heavy atom. The van der Waals surface area contributed by atoms with Gasteiger partial charge in [0.05, 0.1) is 11.0 Å². The van der Waals surface area contributed by atoms with E-state index in [0.717, 1.165) is 24.1 Å². The average molecular weight is 274 g/mol. The number of hydrogen-bond donors (Lipinski definition) is 3. The number of fused-ring (bicyclic) bond motifs is 1. The molecule has 20 heavy (non-hydrogen) atoms. The zero-order valence-electron chi connectivity index (χ0n) is 11.4. The second-order valence-electron chi connectivity index (χ2n) is 5.01. The molecule has 6 heteroatoms. The van der Waals surface area contributed by atoms with Gasteiger partial charge >= 0.3 is 0 Å². The number of imidazole rings is 1. The number of nitrogens with zero attached hydrogens (tertiary/aromatic N) is 1. The number of H-pyrrole nitrogens is 1. The van der Waals surface area contributed by atoms with Crippen LogP contribution in [0, 0.1) is 0 Å². The first-order valence-corrected chi connectivity index (χ1v) is 6.76. The van der Waals surface area contributed by atoms with E-state index in [4.69, 9.17) is 4.74 Å². The molecule has 2 heterocycles. The molecule has 1 aromatic heterocycles. The van der Waals surface area contributed by atoms with Gasteiger partial charge in [-0.1, -0.05) is 12.1 Å². The van der Waals surface area contributed by atoms with Gasteiger partial charge in [0.1, 0.15) is 5.60 Å². The molecule has 2 aromatic rings. The first-order chi connectivity index (χ1) is 9.73. The van der Waals surface area contributed by atoms with E-state index < -0.39 is 5.60 Å². The van der Waals surface area contributed by atoms with Crippen LogP contribution in [0.4, 0.5) is 5.95 Å². The maximum atomic E-state index is 12.5. The summed E-state index contributed by atoms with van der Waals surface area (Å²) in [5.41, 5.74) is 0.976. The van der Waals surface area contributed by atoms with Crippen LogP contribution < -0.4 is 10.6 Å². The van der Waals surface area contributed by atoms with Crippen molar-refractivity contribution < 1.29 is 9.53 Å². The molecular formula is C14H18N4O2. The fraction of sp³-hybridized carbons (Fsp3) is 0.429. The molecule has 1 aliphatic heterocycles. The summed E-state index contributed by atoms with van der Waals surface area (Å²) in [4.78, 5) is 19.9. The van der Waals surface area contributed by atoms with Crippen LogP contribution in [-0.4, -0.2) is 41.7 Å². The highest BCUT2D eigenvalue weighted by Gasteiger charge is 2.40. The maximum absolute atomic E-state index is 12.5. The summed E-state index contributed by atoms with van der Waals surface area (Å²) in [6, 6.07) is 7.67. The summed E-state index contributed by atoms with van der Waals surface area (Å²) < 4.78 is 5.49. The van der Waals surface area contributed by atoms with Crippen LogP contribution in [0.5, 0.6) is 0 Å². The SMILES string of the molecule is COC1(C(=O)Nc2nc3ccccc3[nH]2)CCNCC1. The molecule has 1 aromatic carbocycles. The quantitative estimate of drug-likeness (QED) is 0.787. The first kappa shape index (κ1) is 13.1. The molecule has 1 saturated heterocycles. The van der Waals surface area contributed by atoms with Gasteiger partial charge in [0.2, 0.25) is 5.95 Å². The van der Waals surface area contributed by atoms with Gasteiger partial charge in [0.25, 0.3) is 5.91 Å². The number of hydrogen-bond acceptors (Lipinski definition) is 4. The molecule has 1 amide bonds. The van der Waals surface area contributed by atoms with E-state index >= 15 is 0 Å². The number of anilines is 1. The lowest BCUT2D eigenvalue weighted by atomic mass is 9.91. The van der Waals surface area contributed by atoms with E-state index in [1.807, 2.05) is 24.3 Å². The minimum absolute atomic E-state index is 0.138. The summed E-state index contributed by atoms with van der Waals surface area (Å²) in [6.45, 7) is 1.56. The van der Waals surface area contributed by atoms with E-state index in [1.54, 1.807) is 7.11 Å². The monoisotopic (exact) mass is 274 g/mol. The third-order valence-corrected chi connectivity index (χ3v) is 3.84. The largest absolute Gasteiger partial charge is 0.368 e. The second kappa shape index (κ2) is 5.22. The van der Waals surface area contributed by atoms with Crippen molar-refractivity contribution in [3.8, 4) is 0 Å². The van der Waals surface area contributed by atoms with Crippen molar-refractivity contribution in [3.05, 3.63) is 24.3 Å². The standard InChI is InChI=1S/C14H18N4O2/c1-20-14(6-8-15-9-7-14)12(19)18-13-16-10-4-2-3-5-11(10)17-13/h2-5,15H,6-9H2,1H3,(H2,16,17,18,19). The zero-order chi connectivity index (χ0) is 14.0. The average Bonchev–Trinajstić information content (AvgIpc) is 2.90.